The van der Waals surface area contributed by atoms with Crippen LogP contribution < -0.4 is 0 Å². The average molecular weight is 543 g/mol. The SMILES string of the molecule is C1=CC(C2=C3C(=C(c4cccc5ccccc45)c4c3ccc3ccccc43)c3ccc4ccccc4c32)c2ccccc21. The molecule has 0 nitrogen and oxygen atoms in total. The Morgan fingerprint density at radius 3 is 1.72 bits per heavy atom. The minimum absolute atomic E-state index is 0.194. The van der Waals surface area contributed by atoms with Crippen LogP contribution in [0.2, 0.25) is 0 Å². The van der Waals surface area contributed by atoms with Crippen molar-refractivity contribution >= 4 is 60.7 Å². The van der Waals surface area contributed by atoms with Crippen molar-refractivity contribution in [2.45, 2.75) is 5.92 Å². The Hall–Kier alpha value is -5.46. The molecule has 0 amide bonds. The summed E-state index contributed by atoms with van der Waals surface area (Å²) < 4.78 is 0. The van der Waals surface area contributed by atoms with Crippen LogP contribution in [0, 0.1) is 0 Å². The van der Waals surface area contributed by atoms with Crippen molar-refractivity contribution in [1.82, 2.24) is 0 Å². The van der Waals surface area contributed by atoms with Gasteiger partial charge in [-0.05, 0) is 93.6 Å². The Morgan fingerprint density at radius 1 is 0.372 bits per heavy atom. The van der Waals surface area contributed by atoms with Crippen LogP contribution in [0.3, 0.4) is 0 Å². The first-order chi connectivity index (χ1) is 21.4. The summed E-state index contributed by atoms with van der Waals surface area (Å²) in [5, 5.41) is 7.81. The van der Waals surface area contributed by atoms with E-state index in [0.29, 0.717) is 0 Å². The Morgan fingerprint density at radius 2 is 0.953 bits per heavy atom. The smallest absolute Gasteiger partial charge is 0.0291 e. The van der Waals surface area contributed by atoms with Crippen molar-refractivity contribution in [3.8, 4) is 0 Å². The van der Waals surface area contributed by atoms with Gasteiger partial charge in [0.25, 0.3) is 0 Å². The predicted molar refractivity (Wildman–Crippen MR) is 183 cm³/mol. The Bertz CT molecular complexity index is 2440. The second kappa shape index (κ2) is 8.53. The van der Waals surface area contributed by atoms with Gasteiger partial charge in [-0.15, -0.1) is 0 Å². The molecule has 7 aromatic rings. The maximum Gasteiger partial charge on any atom is 0.0291 e. The molecule has 0 radical (unpaired) electrons. The van der Waals surface area contributed by atoms with Crippen molar-refractivity contribution < 1.29 is 0 Å². The van der Waals surface area contributed by atoms with Gasteiger partial charge in [0, 0.05) is 5.92 Å². The van der Waals surface area contributed by atoms with Crippen LogP contribution in [0.5, 0.6) is 0 Å². The lowest BCUT2D eigenvalue weighted by atomic mass is 9.83. The lowest BCUT2D eigenvalue weighted by Crippen LogP contribution is -2.00. The standard InChI is InChI=1S/C43H26/c1-5-15-30-26(10-1)14-9-19-34(30)40-38-32-17-7-3-12-28(32)21-24-36(38)43-41(35-23-20-27-11-2-6-16-31(27)35)39-33-18-8-4-13-29(33)22-25-37(39)42(40)43/h1-25,35H. The predicted octanol–water partition coefficient (Wildman–Crippen LogP) is 11.2. The second-order valence-corrected chi connectivity index (χ2v) is 11.9. The lowest BCUT2D eigenvalue weighted by molar-refractivity contribution is 1.14. The van der Waals surface area contributed by atoms with Gasteiger partial charge >= 0.3 is 0 Å². The molecule has 0 bridgehead atoms. The van der Waals surface area contributed by atoms with Crippen LogP contribution >= 0.6 is 0 Å². The Labute approximate surface area is 250 Å². The highest BCUT2D eigenvalue weighted by Gasteiger charge is 2.41. The zero-order chi connectivity index (χ0) is 28.1. The van der Waals surface area contributed by atoms with Crippen molar-refractivity contribution in [3.63, 3.8) is 0 Å². The van der Waals surface area contributed by atoms with Crippen LogP contribution in [-0.4, -0.2) is 0 Å². The molecule has 0 heteroatoms. The van der Waals surface area contributed by atoms with Crippen LogP contribution in [-0.2, 0) is 0 Å². The van der Waals surface area contributed by atoms with Crippen molar-refractivity contribution in [1.29, 1.82) is 0 Å². The minimum atomic E-state index is 0.194. The molecule has 0 saturated heterocycles. The number of rotatable bonds is 2. The van der Waals surface area contributed by atoms with Gasteiger partial charge in [-0.25, -0.2) is 0 Å². The van der Waals surface area contributed by atoms with E-state index in [4.69, 9.17) is 0 Å². The number of benzene rings is 7. The minimum Gasteiger partial charge on any atom is -0.0720 e. The van der Waals surface area contributed by atoms with Gasteiger partial charge in [0.15, 0.2) is 0 Å². The van der Waals surface area contributed by atoms with Crippen molar-refractivity contribution in [3.05, 3.63) is 185 Å². The summed E-state index contributed by atoms with van der Waals surface area (Å²) in [5.41, 5.74) is 15.1. The Balaban J connectivity index is 1.43. The third kappa shape index (κ3) is 3.05. The Kier molecular flexibility index (Phi) is 4.59. The summed E-state index contributed by atoms with van der Waals surface area (Å²) in [5.74, 6) is 0.194. The topological polar surface area (TPSA) is 0 Å². The molecule has 0 aliphatic heterocycles. The largest absolute Gasteiger partial charge is 0.0720 e. The van der Waals surface area contributed by atoms with Crippen LogP contribution in [0.1, 0.15) is 44.9 Å². The van der Waals surface area contributed by atoms with Gasteiger partial charge in [0.1, 0.15) is 0 Å². The molecule has 198 valence electrons. The first-order valence-electron chi connectivity index (χ1n) is 15.2. The molecular formula is C43H26. The van der Waals surface area contributed by atoms with E-state index < -0.39 is 0 Å². The number of hydrogen-bond donors (Lipinski definition) is 0. The molecule has 0 aromatic heterocycles. The quantitative estimate of drug-likeness (QED) is 0.204. The molecule has 3 aliphatic rings. The molecule has 10 rings (SSSR count). The summed E-state index contributed by atoms with van der Waals surface area (Å²) in [7, 11) is 0. The normalized spacial score (nSPS) is 16.3. The molecule has 43 heavy (non-hydrogen) atoms. The highest BCUT2D eigenvalue weighted by molar-refractivity contribution is 6.38. The highest BCUT2D eigenvalue weighted by Crippen LogP contribution is 2.63. The zero-order valence-electron chi connectivity index (χ0n) is 23.5. The van der Waals surface area contributed by atoms with Crippen molar-refractivity contribution in [2.24, 2.45) is 0 Å². The summed E-state index contributed by atoms with van der Waals surface area (Å²) in [6.45, 7) is 0. The van der Waals surface area contributed by atoms with E-state index in [2.05, 4.69) is 152 Å². The van der Waals surface area contributed by atoms with Gasteiger partial charge < -0.3 is 0 Å². The van der Waals surface area contributed by atoms with E-state index in [0.717, 1.165) is 0 Å². The number of hydrogen-bond acceptors (Lipinski definition) is 0. The van der Waals surface area contributed by atoms with Crippen LogP contribution in [0.25, 0.3) is 60.7 Å². The fourth-order valence-corrected chi connectivity index (χ4v) is 8.10. The highest BCUT2D eigenvalue weighted by atomic mass is 14.4. The molecule has 3 aliphatic carbocycles. The average Bonchev–Trinajstić information content (AvgIpc) is 3.74. The van der Waals surface area contributed by atoms with E-state index in [-0.39, 0.29) is 5.92 Å². The van der Waals surface area contributed by atoms with Gasteiger partial charge in [-0.2, -0.15) is 0 Å². The van der Waals surface area contributed by atoms with Crippen LogP contribution in [0.15, 0.2) is 146 Å². The van der Waals surface area contributed by atoms with Gasteiger partial charge in [-0.3, -0.25) is 0 Å². The first kappa shape index (κ1) is 23.1. The second-order valence-electron chi connectivity index (χ2n) is 11.9. The van der Waals surface area contributed by atoms with E-state index in [9.17, 15) is 0 Å². The van der Waals surface area contributed by atoms with Gasteiger partial charge in [0.2, 0.25) is 0 Å². The molecule has 0 heterocycles. The van der Waals surface area contributed by atoms with Gasteiger partial charge in [0.05, 0.1) is 0 Å². The van der Waals surface area contributed by atoms with Crippen LogP contribution in [0.4, 0.5) is 0 Å². The fourth-order valence-electron chi connectivity index (χ4n) is 8.10. The summed E-state index contributed by atoms with van der Waals surface area (Å²) >= 11 is 0. The molecule has 1 atom stereocenters. The number of allylic oxidation sites excluding steroid dienone is 4. The molecular weight excluding hydrogens is 516 g/mol. The van der Waals surface area contributed by atoms with Gasteiger partial charge in [-0.1, -0.05) is 152 Å². The molecule has 1 unspecified atom stereocenters. The molecule has 0 saturated carbocycles. The van der Waals surface area contributed by atoms with E-state index in [1.54, 1.807) is 0 Å². The maximum absolute atomic E-state index is 2.43. The third-order valence-electron chi connectivity index (χ3n) is 9.85. The fraction of sp³-hybridized carbons (Fsp3) is 0.0233. The monoisotopic (exact) mass is 542 g/mol. The third-order valence-corrected chi connectivity index (χ3v) is 9.85. The van der Waals surface area contributed by atoms with E-state index >= 15 is 0 Å². The lowest BCUT2D eigenvalue weighted by Gasteiger charge is -2.19. The number of fused-ring (bicyclic) bond motifs is 11. The zero-order valence-corrected chi connectivity index (χ0v) is 23.5. The van der Waals surface area contributed by atoms with E-state index in [1.165, 1.54) is 93.6 Å². The maximum atomic E-state index is 2.43. The van der Waals surface area contributed by atoms with E-state index in [1.807, 2.05) is 0 Å². The molecule has 0 N–H and O–H groups in total. The molecule has 7 aromatic carbocycles. The summed E-state index contributed by atoms with van der Waals surface area (Å²) in [6, 6.07) is 51.8. The molecule has 0 fully saturated rings. The summed E-state index contributed by atoms with van der Waals surface area (Å²) in [4.78, 5) is 0. The molecule has 0 spiro atoms. The first-order valence-corrected chi connectivity index (χ1v) is 15.2. The summed E-state index contributed by atoms with van der Waals surface area (Å²) in [6.07, 6.45) is 4.75. The van der Waals surface area contributed by atoms with Crippen molar-refractivity contribution in [2.75, 3.05) is 0 Å².